The Morgan fingerprint density at radius 2 is 1.71 bits per heavy atom. The van der Waals surface area contributed by atoms with Crippen molar-refractivity contribution < 1.29 is 14.7 Å². The molecule has 0 bridgehead atoms. The van der Waals surface area contributed by atoms with Gasteiger partial charge in [0.2, 0.25) is 5.91 Å². The van der Waals surface area contributed by atoms with Crippen molar-refractivity contribution in [2.45, 2.75) is 13.3 Å². The van der Waals surface area contributed by atoms with Crippen LogP contribution in [-0.2, 0) is 16.0 Å². The zero-order chi connectivity index (χ0) is 11.0. The van der Waals surface area contributed by atoms with Crippen LogP contribution < -0.4 is 5.73 Å². The molecule has 0 aromatic heterocycles. The molecule has 0 aliphatic rings. The van der Waals surface area contributed by atoms with Crippen LogP contribution in [0.15, 0.2) is 30.3 Å². The van der Waals surface area contributed by atoms with Gasteiger partial charge in [-0.05, 0) is 5.56 Å². The van der Waals surface area contributed by atoms with E-state index in [0.29, 0.717) is 6.42 Å². The highest BCUT2D eigenvalue weighted by molar-refractivity contribution is 5.76. The van der Waals surface area contributed by atoms with Gasteiger partial charge in [-0.1, -0.05) is 30.3 Å². The van der Waals surface area contributed by atoms with E-state index in [-0.39, 0.29) is 5.91 Å². The Labute approximate surface area is 82.4 Å². The first-order valence-electron chi connectivity index (χ1n) is 4.04. The number of carbonyl (C=O) groups is 2. The first-order chi connectivity index (χ1) is 6.52. The van der Waals surface area contributed by atoms with E-state index < -0.39 is 5.97 Å². The van der Waals surface area contributed by atoms with Gasteiger partial charge in [0.1, 0.15) is 0 Å². The Hall–Kier alpha value is -1.84. The number of benzene rings is 1. The van der Waals surface area contributed by atoms with E-state index in [4.69, 9.17) is 15.6 Å². The fraction of sp³-hybridized carbons (Fsp3) is 0.200. The maximum absolute atomic E-state index is 10.4. The molecule has 0 atom stereocenters. The van der Waals surface area contributed by atoms with Gasteiger partial charge in [-0.2, -0.15) is 0 Å². The van der Waals surface area contributed by atoms with Crippen LogP contribution in [-0.4, -0.2) is 17.0 Å². The largest absolute Gasteiger partial charge is 0.481 e. The molecule has 0 fully saturated rings. The number of hydrogen-bond donors (Lipinski definition) is 2. The number of rotatable bonds is 2. The highest BCUT2D eigenvalue weighted by Crippen LogP contribution is 1.97. The Bertz CT molecular complexity index is 291. The molecular formula is C10H13NO3. The van der Waals surface area contributed by atoms with Gasteiger partial charge in [0.05, 0.1) is 6.42 Å². The minimum Gasteiger partial charge on any atom is -0.481 e. The lowest BCUT2D eigenvalue weighted by molar-refractivity contribution is -0.134. The third-order valence-electron chi connectivity index (χ3n) is 1.22. The van der Waals surface area contributed by atoms with Gasteiger partial charge in [0, 0.05) is 6.92 Å². The molecule has 76 valence electrons. The van der Waals surface area contributed by atoms with Crippen LogP contribution in [0.1, 0.15) is 12.5 Å². The molecule has 4 heteroatoms. The first-order valence-corrected chi connectivity index (χ1v) is 4.04. The van der Waals surface area contributed by atoms with E-state index in [0.717, 1.165) is 12.5 Å². The predicted octanol–water partition coefficient (Wildman–Crippen LogP) is 0.805. The lowest BCUT2D eigenvalue weighted by atomic mass is 10.1. The maximum atomic E-state index is 10.4. The van der Waals surface area contributed by atoms with Crippen molar-refractivity contribution in [2.75, 3.05) is 0 Å². The molecule has 3 N–H and O–H groups in total. The molecule has 0 radical (unpaired) electrons. The summed E-state index contributed by atoms with van der Waals surface area (Å²) in [5.74, 6) is -1.12. The van der Waals surface area contributed by atoms with Crippen molar-refractivity contribution in [2.24, 2.45) is 5.73 Å². The number of carbonyl (C=O) groups excluding carboxylic acids is 1. The maximum Gasteiger partial charge on any atom is 0.300 e. The number of carboxylic acid groups (broad SMARTS) is 1. The molecule has 0 spiro atoms. The molecule has 14 heavy (non-hydrogen) atoms. The summed E-state index contributed by atoms with van der Waals surface area (Å²) < 4.78 is 0. The molecule has 1 amide bonds. The molecule has 0 unspecified atom stereocenters. The van der Waals surface area contributed by atoms with E-state index in [1.54, 1.807) is 0 Å². The van der Waals surface area contributed by atoms with Gasteiger partial charge in [-0.3, -0.25) is 9.59 Å². The molecule has 0 heterocycles. The minimum absolute atomic E-state index is 0.286. The van der Waals surface area contributed by atoms with Gasteiger partial charge >= 0.3 is 0 Å². The van der Waals surface area contributed by atoms with E-state index in [1.165, 1.54) is 0 Å². The fourth-order valence-corrected chi connectivity index (χ4v) is 0.797. The van der Waals surface area contributed by atoms with Crippen molar-refractivity contribution in [3.63, 3.8) is 0 Å². The highest BCUT2D eigenvalue weighted by Gasteiger charge is 1.94. The molecule has 0 saturated heterocycles. The van der Waals surface area contributed by atoms with Crippen LogP contribution >= 0.6 is 0 Å². The first kappa shape index (κ1) is 12.2. The topological polar surface area (TPSA) is 80.4 Å². The van der Waals surface area contributed by atoms with Gasteiger partial charge < -0.3 is 10.8 Å². The second-order valence-corrected chi connectivity index (χ2v) is 2.65. The Balaban J connectivity index is 0.000000364. The summed E-state index contributed by atoms with van der Waals surface area (Å²) in [6, 6.07) is 9.44. The second-order valence-electron chi connectivity index (χ2n) is 2.65. The Morgan fingerprint density at radius 3 is 2.07 bits per heavy atom. The average Bonchev–Trinajstić information content (AvgIpc) is 2.03. The number of hydrogen-bond acceptors (Lipinski definition) is 2. The van der Waals surface area contributed by atoms with E-state index in [2.05, 4.69) is 0 Å². The lowest BCUT2D eigenvalue weighted by Gasteiger charge is -1.93. The summed E-state index contributed by atoms with van der Waals surface area (Å²) in [5, 5.41) is 7.42. The molecule has 1 rings (SSSR count). The third kappa shape index (κ3) is 8.26. The standard InChI is InChI=1S/C8H9NO.C2H4O2/c9-8(10)6-7-4-2-1-3-5-7;1-2(3)4/h1-5H,6H2,(H2,9,10);1H3,(H,3,4). The molecule has 0 saturated carbocycles. The molecular weight excluding hydrogens is 182 g/mol. The summed E-state index contributed by atoms with van der Waals surface area (Å²) >= 11 is 0. The van der Waals surface area contributed by atoms with E-state index >= 15 is 0 Å². The van der Waals surface area contributed by atoms with Crippen molar-refractivity contribution in [1.29, 1.82) is 0 Å². The minimum atomic E-state index is -0.833. The number of primary amides is 1. The fourth-order valence-electron chi connectivity index (χ4n) is 0.797. The smallest absolute Gasteiger partial charge is 0.300 e. The Kier molecular flexibility index (Phi) is 5.78. The second kappa shape index (κ2) is 6.65. The third-order valence-corrected chi connectivity index (χ3v) is 1.22. The lowest BCUT2D eigenvalue weighted by Crippen LogP contribution is -2.13. The predicted molar refractivity (Wildman–Crippen MR) is 52.7 cm³/mol. The van der Waals surface area contributed by atoms with Gasteiger partial charge in [0.25, 0.3) is 5.97 Å². The molecule has 1 aromatic rings. The van der Waals surface area contributed by atoms with Crippen LogP contribution in [0.4, 0.5) is 0 Å². The van der Waals surface area contributed by atoms with Crippen molar-refractivity contribution in [1.82, 2.24) is 0 Å². The van der Waals surface area contributed by atoms with Gasteiger partial charge in [-0.15, -0.1) is 0 Å². The summed E-state index contributed by atoms with van der Waals surface area (Å²) in [4.78, 5) is 19.4. The van der Waals surface area contributed by atoms with E-state index in [1.807, 2.05) is 30.3 Å². The normalized spacial score (nSPS) is 8.36. The number of aliphatic carboxylic acids is 1. The zero-order valence-electron chi connectivity index (χ0n) is 7.93. The molecule has 0 aliphatic carbocycles. The van der Waals surface area contributed by atoms with Gasteiger partial charge in [0.15, 0.2) is 0 Å². The van der Waals surface area contributed by atoms with Crippen LogP contribution in [0, 0.1) is 0 Å². The molecule has 1 aromatic carbocycles. The van der Waals surface area contributed by atoms with Crippen LogP contribution in [0.2, 0.25) is 0 Å². The number of amides is 1. The van der Waals surface area contributed by atoms with Crippen molar-refractivity contribution >= 4 is 11.9 Å². The van der Waals surface area contributed by atoms with Crippen LogP contribution in [0.25, 0.3) is 0 Å². The molecule has 0 aliphatic heterocycles. The monoisotopic (exact) mass is 195 g/mol. The van der Waals surface area contributed by atoms with Crippen LogP contribution in [0.3, 0.4) is 0 Å². The number of nitrogens with two attached hydrogens (primary N) is 1. The quantitative estimate of drug-likeness (QED) is 0.732. The van der Waals surface area contributed by atoms with Crippen molar-refractivity contribution in [3.05, 3.63) is 35.9 Å². The summed E-state index contributed by atoms with van der Waals surface area (Å²) in [5.41, 5.74) is 5.95. The Morgan fingerprint density at radius 1 is 1.29 bits per heavy atom. The van der Waals surface area contributed by atoms with Crippen LogP contribution in [0.5, 0.6) is 0 Å². The average molecular weight is 195 g/mol. The van der Waals surface area contributed by atoms with Gasteiger partial charge in [-0.25, -0.2) is 0 Å². The summed E-state index contributed by atoms with van der Waals surface area (Å²) in [6.07, 6.45) is 0.334. The highest BCUT2D eigenvalue weighted by atomic mass is 16.4. The summed E-state index contributed by atoms with van der Waals surface area (Å²) in [6.45, 7) is 1.08. The summed E-state index contributed by atoms with van der Waals surface area (Å²) in [7, 11) is 0. The number of carboxylic acids is 1. The SMILES string of the molecule is CC(=O)O.NC(=O)Cc1ccccc1. The molecule has 4 nitrogen and oxygen atoms in total. The van der Waals surface area contributed by atoms with Crippen molar-refractivity contribution in [3.8, 4) is 0 Å². The van der Waals surface area contributed by atoms with E-state index in [9.17, 15) is 4.79 Å². The zero-order valence-corrected chi connectivity index (χ0v) is 7.93.